The molecule has 27 heavy (non-hydrogen) atoms. The van der Waals surface area contributed by atoms with E-state index in [0.29, 0.717) is 39.6 Å². The monoisotopic (exact) mass is 446 g/mol. The third-order valence-electron chi connectivity index (χ3n) is 2.54. The molecule has 11 heteroatoms. The quantitative estimate of drug-likeness (QED) is 0.186. The van der Waals surface area contributed by atoms with E-state index < -0.39 is 25.2 Å². The molecule has 0 bridgehead atoms. The van der Waals surface area contributed by atoms with Crippen LogP contribution in [0.15, 0.2) is 0 Å². The van der Waals surface area contributed by atoms with Crippen molar-refractivity contribution in [1.82, 2.24) is 0 Å². The molecule has 2 unspecified atom stereocenters. The van der Waals surface area contributed by atoms with E-state index in [2.05, 4.69) is 0 Å². The topological polar surface area (TPSA) is 136 Å². The molecular formula is C16H30O10Zn. The molecule has 0 rings (SSSR count). The summed E-state index contributed by atoms with van der Waals surface area (Å²) in [6.07, 6.45) is -0.482. The predicted octanol–water partition coefficient (Wildman–Crippen LogP) is -2.39. The van der Waals surface area contributed by atoms with Gasteiger partial charge >= 0.3 is 19.5 Å². The zero-order valence-electron chi connectivity index (χ0n) is 16.6. The van der Waals surface area contributed by atoms with Crippen molar-refractivity contribution in [3.63, 3.8) is 0 Å². The largest absolute Gasteiger partial charge is 2.00 e. The molecule has 0 fully saturated rings. The van der Waals surface area contributed by atoms with Crippen LogP contribution in [0.2, 0.25) is 0 Å². The van der Waals surface area contributed by atoms with Gasteiger partial charge in [0.05, 0.1) is 77.0 Å². The first kappa shape index (κ1) is 31.0. The van der Waals surface area contributed by atoms with Crippen molar-refractivity contribution in [3.8, 4) is 0 Å². The van der Waals surface area contributed by atoms with Crippen LogP contribution in [-0.2, 0) is 57.5 Å². The second kappa shape index (κ2) is 23.4. The maximum atomic E-state index is 9.98. The Morgan fingerprint density at radius 3 is 1.33 bits per heavy atom. The van der Waals surface area contributed by atoms with Gasteiger partial charge in [-0.15, -0.1) is 0 Å². The summed E-state index contributed by atoms with van der Waals surface area (Å²) in [4.78, 5) is 20.0. The third kappa shape index (κ3) is 30.3. The molecular weight excluding hydrogens is 418 g/mol. The maximum absolute atomic E-state index is 9.98. The van der Waals surface area contributed by atoms with Gasteiger partial charge in [0.1, 0.15) is 0 Å². The van der Waals surface area contributed by atoms with Crippen LogP contribution < -0.4 is 10.2 Å². The van der Waals surface area contributed by atoms with E-state index >= 15 is 0 Å². The Morgan fingerprint density at radius 2 is 1.07 bits per heavy atom. The molecule has 156 valence electrons. The Morgan fingerprint density at radius 1 is 0.741 bits per heavy atom. The molecule has 0 aromatic carbocycles. The van der Waals surface area contributed by atoms with Crippen molar-refractivity contribution in [2.45, 2.75) is 26.1 Å². The molecule has 0 saturated carbocycles. The van der Waals surface area contributed by atoms with Crippen LogP contribution in [-0.4, -0.2) is 91.2 Å². The van der Waals surface area contributed by atoms with Gasteiger partial charge in [-0.2, -0.15) is 0 Å². The molecule has 0 heterocycles. The van der Waals surface area contributed by atoms with Crippen LogP contribution in [0.4, 0.5) is 0 Å². The summed E-state index contributed by atoms with van der Waals surface area (Å²) in [5.74, 6) is -2.44. The predicted molar refractivity (Wildman–Crippen MR) is 86.2 cm³/mol. The SMILES string of the molecule is COCCOCC(C)OCC(=O)[O-].COCCOCC(C)OCC(=O)[O-].[Zn+2]. The summed E-state index contributed by atoms with van der Waals surface area (Å²) in [6, 6.07) is 0. The molecule has 0 N–H and O–H groups in total. The van der Waals surface area contributed by atoms with Crippen LogP contribution in [0.1, 0.15) is 13.8 Å². The van der Waals surface area contributed by atoms with Gasteiger partial charge in [0.15, 0.2) is 0 Å². The molecule has 0 aliphatic rings. The third-order valence-corrected chi connectivity index (χ3v) is 2.54. The first-order valence-corrected chi connectivity index (χ1v) is 8.09. The minimum absolute atomic E-state index is 0. The van der Waals surface area contributed by atoms with E-state index in [-0.39, 0.29) is 31.7 Å². The second-order valence-corrected chi connectivity index (χ2v) is 5.12. The van der Waals surface area contributed by atoms with Crippen molar-refractivity contribution in [2.75, 3.05) is 67.1 Å². The van der Waals surface area contributed by atoms with E-state index in [9.17, 15) is 19.8 Å². The number of aliphatic carboxylic acids is 2. The Balaban J connectivity index is -0.000000411. The van der Waals surface area contributed by atoms with Crippen LogP contribution in [0.25, 0.3) is 0 Å². The molecule has 2 atom stereocenters. The van der Waals surface area contributed by atoms with E-state index in [1.165, 1.54) is 0 Å². The van der Waals surface area contributed by atoms with Crippen LogP contribution in [0.5, 0.6) is 0 Å². The Labute approximate surface area is 173 Å². The standard InChI is InChI=1S/2C8H16O5.Zn/c2*1-7(13-6-8(9)10)5-12-4-3-11-2;/h2*7H,3-6H2,1-2H3,(H,9,10);/q;;+2/p-2. The van der Waals surface area contributed by atoms with E-state index in [1.807, 2.05) is 0 Å². The van der Waals surface area contributed by atoms with Crippen LogP contribution in [0, 0.1) is 0 Å². The summed E-state index contributed by atoms with van der Waals surface area (Å²) in [5.41, 5.74) is 0. The summed E-state index contributed by atoms with van der Waals surface area (Å²) in [6.45, 7) is 5.40. The molecule has 0 spiro atoms. The molecule has 0 saturated heterocycles. The summed E-state index contributed by atoms with van der Waals surface area (Å²) in [7, 11) is 3.17. The second-order valence-electron chi connectivity index (χ2n) is 5.12. The van der Waals surface area contributed by atoms with E-state index in [0.717, 1.165) is 0 Å². The molecule has 0 aromatic rings. The van der Waals surface area contributed by atoms with Gasteiger partial charge in [0.2, 0.25) is 0 Å². The summed E-state index contributed by atoms with van der Waals surface area (Å²) in [5, 5.41) is 20.0. The van der Waals surface area contributed by atoms with Gasteiger partial charge in [-0.05, 0) is 13.8 Å². The van der Waals surface area contributed by atoms with Gasteiger partial charge < -0.3 is 48.2 Å². The average Bonchev–Trinajstić information content (AvgIpc) is 2.59. The van der Waals surface area contributed by atoms with Gasteiger partial charge in [-0.25, -0.2) is 0 Å². The van der Waals surface area contributed by atoms with Crippen molar-refractivity contribution in [2.24, 2.45) is 0 Å². The van der Waals surface area contributed by atoms with Gasteiger partial charge in [-0.3, -0.25) is 0 Å². The van der Waals surface area contributed by atoms with Gasteiger partial charge in [0.25, 0.3) is 0 Å². The number of rotatable bonds is 16. The minimum Gasteiger partial charge on any atom is -0.548 e. The zero-order valence-corrected chi connectivity index (χ0v) is 19.6. The number of carboxylic acid groups (broad SMARTS) is 2. The normalized spacial score (nSPS) is 12.3. The minimum atomic E-state index is -1.22. The Bertz CT molecular complexity index is 311. The van der Waals surface area contributed by atoms with Gasteiger partial charge in [-0.1, -0.05) is 0 Å². The Kier molecular flexibility index (Phi) is 26.9. The van der Waals surface area contributed by atoms with Crippen molar-refractivity contribution < 1.29 is 67.7 Å². The fourth-order valence-electron chi connectivity index (χ4n) is 1.30. The van der Waals surface area contributed by atoms with E-state index in [1.54, 1.807) is 28.1 Å². The number of carbonyl (C=O) groups excluding carboxylic acids is 2. The number of carboxylic acids is 2. The molecule has 0 aliphatic carbocycles. The molecule has 0 amide bonds. The number of ether oxygens (including phenoxy) is 6. The number of carbonyl (C=O) groups is 2. The summed E-state index contributed by atoms with van der Waals surface area (Å²) >= 11 is 0. The molecule has 10 nitrogen and oxygen atoms in total. The molecule has 0 aliphatic heterocycles. The first-order chi connectivity index (χ1) is 12.3. The van der Waals surface area contributed by atoms with Gasteiger partial charge in [0, 0.05) is 14.2 Å². The van der Waals surface area contributed by atoms with Crippen molar-refractivity contribution in [1.29, 1.82) is 0 Å². The fraction of sp³-hybridized carbons (Fsp3) is 0.875. The number of methoxy groups -OCH3 is 2. The zero-order chi connectivity index (χ0) is 20.2. The molecule has 0 aromatic heterocycles. The van der Waals surface area contributed by atoms with Crippen LogP contribution >= 0.6 is 0 Å². The smallest absolute Gasteiger partial charge is 0.548 e. The van der Waals surface area contributed by atoms with Crippen molar-refractivity contribution in [3.05, 3.63) is 0 Å². The first-order valence-electron chi connectivity index (χ1n) is 8.09. The van der Waals surface area contributed by atoms with E-state index in [4.69, 9.17) is 28.4 Å². The van der Waals surface area contributed by atoms with Crippen LogP contribution in [0.3, 0.4) is 0 Å². The number of hydrogen-bond donors (Lipinski definition) is 0. The maximum Gasteiger partial charge on any atom is 2.00 e. The average molecular weight is 448 g/mol. The number of hydrogen-bond acceptors (Lipinski definition) is 10. The van der Waals surface area contributed by atoms with Crippen molar-refractivity contribution >= 4 is 11.9 Å². The molecule has 0 radical (unpaired) electrons. The Hall–Kier alpha value is -0.677. The fourth-order valence-corrected chi connectivity index (χ4v) is 1.30. The summed E-state index contributed by atoms with van der Waals surface area (Å²) < 4.78 is 29.4.